The van der Waals surface area contributed by atoms with Gasteiger partial charge < -0.3 is 16.0 Å². The summed E-state index contributed by atoms with van der Waals surface area (Å²) in [7, 11) is 1.77. The monoisotopic (exact) mass is 241 g/mol. The zero-order valence-corrected chi connectivity index (χ0v) is 10.6. The molecule has 2 amide bonds. The van der Waals surface area contributed by atoms with Crippen LogP contribution < -0.4 is 11.1 Å². The van der Waals surface area contributed by atoms with Crippen LogP contribution in [0.5, 0.6) is 0 Å². The molecule has 1 aliphatic rings. The van der Waals surface area contributed by atoms with Crippen molar-refractivity contribution in [2.24, 2.45) is 5.73 Å². The van der Waals surface area contributed by atoms with Gasteiger partial charge in [-0.3, -0.25) is 9.59 Å². The third-order valence-corrected chi connectivity index (χ3v) is 3.12. The SMILES string of the molecule is CN1CCC(NC(=O)CCCCCCN)C1=O. The van der Waals surface area contributed by atoms with Crippen molar-refractivity contribution < 1.29 is 9.59 Å². The number of carbonyl (C=O) groups is 2. The second-order valence-corrected chi connectivity index (χ2v) is 4.62. The topological polar surface area (TPSA) is 75.4 Å². The third kappa shape index (κ3) is 4.73. The molecule has 1 heterocycles. The quantitative estimate of drug-likeness (QED) is 0.627. The predicted octanol–water partition coefficient (Wildman–Crippen LogP) is 0.243. The van der Waals surface area contributed by atoms with Gasteiger partial charge in [0.1, 0.15) is 6.04 Å². The number of hydrogen-bond acceptors (Lipinski definition) is 3. The van der Waals surface area contributed by atoms with Crippen molar-refractivity contribution >= 4 is 11.8 Å². The van der Waals surface area contributed by atoms with Gasteiger partial charge >= 0.3 is 0 Å². The smallest absolute Gasteiger partial charge is 0.244 e. The Morgan fingerprint density at radius 1 is 1.41 bits per heavy atom. The fraction of sp³-hybridized carbons (Fsp3) is 0.833. The van der Waals surface area contributed by atoms with E-state index in [4.69, 9.17) is 5.73 Å². The lowest BCUT2D eigenvalue weighted by atomic mass is 10.1. The summed E-state index contributed by atoms with van der Waals surface area (Å²) in [6.07, 6.45) is 5.25. The van der Waals surface area contributed by atoms with Crippen molar-refractivity contribution in [1.29, 1.82) is 0 Å². The summed E-state index contributed by atoms with van der Waals surface area (Å²) in [6.45, 7) is 1.45. The average Bonchev–Trinajstić information content (AvgIpc) is 2.61. The molecule has 5 nitrogen and oxygen atoms in total. The molecule has 0 aromatic heterocycles. The minimum absolute atomic E-state index is 0.00796. The van der Waals surface area contributed by atoms with Gasteiger partial charge in [0.25, 0.3) is 0 Å². The first-order valence-electron chi connectivity index (χ1n) is 6.39. The molecule has 17 heavy (non-hydrogen) atoms. The zero-order valence-electron chi connectivity index (χ0n) is 10.6. The third-order valence-electron chi connectivity index (χ3n) is 3.12. The van der Waals surface area contributed by atoms with Gasteiger partial charge in [-0.05, 0) is 25.8 Å². The maximum absolute atomic E-state index is 11.6. The fourth-order valence-electron chi connectivity index (χ4n) is 2.01. The first-order chi connectivity index (χ1) is 8.15. The molecule has 1 unspecified atom stereocenters. The maximum atomic E-state index is 11.6. The van der Waals surface area contributed by atoms with Gasteiger partial charge in [-0.15, -0.1) is 0 Å². The van der Waals surface area contributed by atoms with E-state index in [1.807, 2.05) is 0 Å². The normalized spacial score (nSPS) is 19.8. The Labute approximate surface area is 103 Å². The number of likely N-dealkylation sites (tertiary alicyclic amines) is 1. The summed E-state index contributed by atoms with van der Waals surface area (Å²) in [5.41, 5.74) is 5.39. The minimum atomic E-state index is -0.295. The Kier molecular flexibility index (Phi) is 5.97. The summed E-state index contributed by atoms with van der Waals surface area (Å²) in [5.74, 6) is 0.0212. The van der Waals surface area contributed by atoms with Crippen LogP contribution in [0.3, 0.4) is 0 Å². The summed E-state index contributed by atoms with van der Waals surface area (Å²) in [6, 6.07) is -0.295. The van der Waals surface area contributed by atoms with Crippen LogP contribution in [-0.4, -0.2) is 42.9 Å². The van der Waals surface area contributed by atoms with Crippen molar-refractivity contribution in [3.05, 3.63) is 0 Å². The van der Waals surface area contributed by atoms with Crippen LogP contribution in [0.1, 0.15) is 38.5 Å². The summed E-state index contributed by atoms with van der Waals surface area (Å²) < 4.78 is 0. The number of hydrogen-bond donors (Lipinski definition) is 2. The molecular weight excluding hydrogens is 218 g/mol. The lowest BCUT2D eigenvalue weighted by Crippen LogP contribution is -2.40. The van der Waals surface area contributed by atoms with E-state index in [1.165, 1.54) is 0 Å². The van der Waals surface area contributed by atoms with Crippen LogP contribution in [0.15, 0.2) is 0 Å². The molecule has 0 spiro atoms. The second kappa shape index (κ2) is 7.27. The molecule has 3 N–H and O–H groups in total. The molecule has 0 aromatic rings. The molecule has 98 valence electrons. The van der Waals surface area contributed by atoms with Crippen molar-refractivity contribution in [3.8, 4) is 0 Å². The highest BCUT2D eigenvalue weighted by atomic mass is 16.2. The second-order valence-electron chi connectivity index (χ2n) is 4.62. The van der Waals surface area contributed by atoms with Crippen LogP contribution in [0.25, 0.3) is 0 Å². The number of nitrogens with two attached hydrogens (primary N) is 1. The molecule has 5 heteroatoms. The molecule has 0 aromatic carbocycles. The minimum Gasteiger partial charge on any atom is -0.344 e. The number of rotatable bonds is 7. The van der Waals surface area contributed by atoms with Gasteiger partial charge in [0.15, 0.2) is 0 Å². The number of nitrogens with zero attached hydrogens (tertiary/aromatic N) is 1. The van der Waals surface area contributed by atoms with E-state index in [9.17, 15) is 9.59 Å². The highest BCUT2D eigenvalue weighted by Crippen LogP contribution is 2.09. The maximum Gasteiger partial charge on any atom is 0.244 e. The molecule has 1 fully saturated rings. The van der Waals surface area contributed by atoms with Crippen LogP contribution in [-0.2, 0) is 9.59 Å². The van der Waals surface area contributed by atoms with Gasteiger partial charge in [-0.1, -0.05) is 12.8 Å². The summed E-state index contributed by atoms with van der Waals surface area (Å²) >= 11 is 0. The van der Waals surface area contributed by atoms with E-state index in [0.29, 0.717) is 6.42 Å². The molecule has 1 atom stereocenters. The lowest BCUT2D eigenvalue weighted by molar-refractivity contribution is -0.131. The van der Waals surface area contributed by atoms with E-state index in [0.717, 1.165) is 45.2 Å². The predicted molar refractivity (Wildman–Crippen MR) is 66.3 cm³/mol. The standard InChI is InChI=1S/C12H23N3O2/c1-15-9-7-10(12(15)17)14-11(16)6-4-2-3-5-8-13/h10H,2-9,13H2,1H3,(H,14,16). The highest BCUT2D eigenvalue weighted by Gasteiger charge is 2.29. The Hall–Kier alpha value is -1.10. The van der Waals surface area contributed by atoms with Gasteiger partial charge in [-0.25, -0.2) is 0 Å². The Bertz CT molecular complexity index is 268. The van der Waals surface area contributed by atoms with Crippen LogP contribution >= 0.6 is 0 Å². The number of carbonyl (C=O) groups excluding carboxylic acids is 2. The van der Waals surface area contributed by atoms with Crippen LogP contribution in [0.4, 0.5) is 0 Å². The molecule has 0 bridgehead atoms. The Morgan fingerprint density at radius 3 is 2.71 bits per heavy atom. The van der Waals surface area contributed by atoms with E-state index in [-0.39, 0.29) is 17.9 Å². The molecule has 1 rings (SSSR count). The van der Waals surface area contributed by atoms with E-state index in [1.54, 1.807) is 11.9 Å². The fourth-order valence-corrected chi connectivity index (χ4v) is 2.01. The molecule has 0 saturated carbocycles. The zero-order chi connectivity index (χ0) is 12.7. The number of amides is 2. The van der Waals surface area contributed by atoms with Crippen LogP contribution in [0.2, 0.25) is 0 Å². The number of unbranched alkanes of at least 4 members (excludes halogenated alkanes) is 3. The Morgan fingerprint density at radius 2 is 2.12 bits per heavy atom. The van der Waals surface area contributed by atoms with E-state index < -0.39 is 0 Å². The van der Waals surface area contributed by atoms with Crippen molar-refractivity contribution in [2.45, 2.75) is 44.6 Å². The average molecular weight is 241 g/mol. The van der Waals surface area contributed by atoms with E-state index in [2.05, 4.69) is 5.32 Å². The van der Waals surface area contributed by atoms with Crippen molar-refractivity contribution in [1.82, 2.24) is 10.2 Å². The molecule has 0 aliphatic carbocycles. The van der Waals surface area contributed by atoms with Crippen molar-refractivity contribution in [3.63, 3.8) is 0 Å². The largest absolute Gasteiger partial charge is 0.344 e. The highest BCUT2D eigenvalue weighted by molar-refractivity contribution is 5.88. The van der Waals surface area contributed by atoms with Gasteiger partial charge in [0, 0.05) is 20.0 Å². The first-order valence-corrected chi connectivity index (χ1v) is 6.39. The van der Waals surface area contributed by atoms with Gasteiger partial charge in [0.05, 0.1) is 0 Å². The van der Waals surface area contributed by atoms with Crippen molar-refractivity contribution in [2.75, 3.05) is 20.1 Å². The van der Waals surface area contributed by atoms with Gasteiger partial charge in [-0.2, -0.15) is 0 Å². The molecule has 1 saturated heterocycles. The Balaban J connectivity index is 2.11. The lowest BCUT2D eigenvalue weighted by Gasteiger charge is -2.12. The van der Waals surface area contributed by atoms with E-state index >= 15 is 0 Å². The molecule has 0 radical (unpaired) electrons. The number of nitrogens with one attached hydrogen (secondary N) is 1. The molecule has 1 aliphatic heterocycles. The summed E-state index contributed by atoms with van der Waals surface area (Å²) in [5, 5.41) is 2.80. The summed E-state index contributed by atoms with van der Waals surface area (Å²) in [4.78, 5) is 24.8. The van der Waals surface area contributed by atoms with Gasteiger partial charge in [0.2, 0.25) is 11.8 Å². The molecular formula is C12H23N3O2. The number of likely N-dealkylation sites (N-methyl/N-ethyl adjacent to an activating group) is 1. The van der Waals surface area contributed by atoms with Crippen LogP contribution in [0, 0.1) is 0 Å². The first kappa shape index (κ1) is 14.0.